The summed E-state index contributed by atoms with van der Waals surface area (Å²) >= 11 is 29.5. The van der Waals surface area contributed by atoms with Gasteiger partial charge in [0.15, 0.2) is 0 Å². The third kappa shape index (κ3) is 9.68. The van der Waals surface area contributed by atoms with Crippen molar-refractivity contribution >= 4 is 94.1 Å². The van der Waals surface area contributed by atoms with Crippen LogP contribution < -0.4 is 20.9 Å². The van der Waals surface area contributed by atoms with E-state index in [1.165, 1.54) is 47.9 Å². The largest absolute Gasteiger partial charge is 0.496 e. The lowest BCUT2D eigenvalue weighted by molar-refractivity contribution is -0.147. The van der Waals surface area contributed by atoms with Crippen LogP contribution in [0.3, 0.4) is 0 Å². The van der Waals surface area contributed by atoms with E-state index in [4.69, 9.17) is 67.3 Å². The van der Waals surface area contributed by atoms with Gasteiger partial charge in [-0.25, -0.2) is 0 Å². The van der Waals surface area contributed by atoms with Crippen LogP contribution in [0.4, 0.5) is 0 Å². The van der Waals surface area contributed by atoms with E-state index in [1.807, 2.05) is 48.5 Å². The topological polar surface area (TPSA) is 186 Å². The number of ether oxygens (including phenoxy) is 2. The highest BCUT2D eigenvalue weighted by Gasteiger charge is 2.39. The second kappa shape index (κ2) is 19.1. The molecule has 0 atom stereocenters. The number of nitrogens with zero attached hydrogens (tertiary/aromatic N) is 2. The molecule has 17 heteroatoms. The summed E-state index contributed by atoms with van der Waals surface area (Å²) in [6.45, 7) is 0.678. The van der Waals surface area contributed by atoms with Gasteiger partial charge >= 0.3 is 11.9 Å². The first-order valence-electron chi connectivity index (χ1n) is 19.0. The molecule has 6 rings (SSSR count). The Hall–Kier alpha value is -4.73. The van der Waals surface area contributed by atoms with Crippen molar-refractivity contribution in [1.29, 1.82) is 0 Å². The number of carbonyl (C=O) groups is 4. The zero-order chi connectivity index (χ0) is 44.2. The highest BCUT2D eigenvalue weighted by Crippen LogP contribution is 2.50. The van der Waals surface area contributed by atoms with E-state index in [-0.39, 0.29) is 83.8 Å². The fourth-order valence-electron chi connectivity index (χ4n) is 7.21. The molecule has 2 aliphatic rings. The molecular formula is C44H42Cl4N4O8S. The molecule has 320 valence electrons. The van der Waals surface area contributed by atoms with Crippen molar-refractivity contribution in [2.75, 3.05) is 40.4 Å². The van der Waals surface area contributed by atoms with E-state index in [0.29, 0.717) is 54.7 Å². The Bertz CT molecular complexity index is 2280. The average molecular weight is 929 g/mol. The fourth-order valence-corrected chi connectivity index (χ4v) is 9.37. The molecule has 0 aliphatic carbocycles. The molecule has 0 saturated carbocycles. The summed E-state index contributed by atoms with van der Waals surface area (Å²) in [7, 11) is 3.08. The van der Waals surface area contributed by atoms with E-state index in [9.17, 15) is 29.4 Å². The lowest BCUT2D eigenvalue weighted by Crippen LogP contribution is -2.56. The molecule has 6 N–H and O–H groups in total. The quantitative estimate of drug-likeness (QED) is 0.0997. The van der Waals surface area contributed by atoms with Crippen LogP contribution in [0.5, 0.6) is 11.5 Å². The minimum atomic E-state index is -1.39. The van der Waals surface area contributed by atoms with Gasteiger partial charge in [-0.2, -0.15) is 0 Å². The summed E-state index contributed by atoms with van der Waals surface area (Å²) in [6.07, 6.45) is 6.32. The zero-order valence-electron chi connectivity index (χ0n) is 33.1. The number of rotatable bonds is 12. The van der Waals surface area contributed by atoms with Crippen molar-refractivity contribution in [2.45, 2.75) is 46.6 Å². The third-order valence-corrected chi connectivity index (χ3v) is 14.1. The van der Waals surface area contributed by atoms with Crippen LogP contribution in [0, 0.1) is 0 Å². The number of aliphatic carboxylic acids is 2. The highest BCUT2D eigenvalue weighted by atomic mass is 35.5. The van der Waals surface area contributed by atoms with E-state index in [2.05, 4.69) is 0 Å². The van der Waals surface area contributed by atoms with Gasteiger partial charge in [0.25, 0.3) is 0 Å². The second-order valence-electron chi connectivity index (χ2n) is 14.7. The molecule has 0 aromatic heterocycles. The molecule has 0 bridgehead atoms. The standard InChI is InChI=1S/C44H42Cl4N4O8S/c1-59-31-9-5-3-7-25(31)29-23-33(39(47)37(45)27(29)11-13-35(53)51-19-15-43(49,16-20-51)41(55)56)61-34-24-30(26-8-4-6-10-32(26)60-2)28(38(46)40(34)48)12-14-36(54)52-21-17-44(50,18-22-52)42(57)58/h3-14,23-24H,15-22,49-50H2,1-2H3,(H,55,56)(H,57,58). The number of halogens is 4. The van der Waals surface area contributed by atoms with Crippen LogP contribution in [-0.4, -0.2) is 95.2 Å². The first-order chi connectivity index (χ1) is 29.0. The smallest absolute Gasteiger partial charge is 0.323 e. The molecule has 61 heavy (non-hydrogen) atoms. The molecule has 2 amide bonds. The summed E-state index contributed by atoms with van der Waals surface area (Å²) in [6, 6.07) is 18.2. The van der Waals surface area contributed by atoms with Crippen LogP contribution in [-0.2, 0) is 19.2 Å². The van der Waals surface area contributed by atoms with E-state index >= 15 is 0 Å². The van der Waals surface area contributed by atoms with Gasteiger partial charge in [-0.1, -0.05) is 94.6 Å². The lowest BCUT2D eigenvalue weighted by atomic mass is 9.89. The van der Waals surface area contributed by atoms with Crippen molar-refractivity contribution in [3.8, 4) is 33.8 Å². The van der Waals surface area contributed by atoms with Crippen molar-refractivity contribution < 1.29 is 38.9 Å². The SMILES string of the molecule is COc1ccccc1-c1cc(Sc2cc(-c3ccccc3OC)c(C=CC(=O)N3CCC(N)(C(=O)O)CC3)c(Cl)c2Cl)c(Cl)c(Cl)c1C=CC(=O)N1CCC(N)(C(=O)O)CC1. The summed E-state index contributed by atoms with van der Waals surface area (Å²) in [5.41, 5.74) is 12.6. The molecule has 2 heterocycles. The number of methoxy groups -OCH3 is 2. The first-order valence-corrected chi connectivity index (χ1v) is 21.3. The number of hydrogen-bond acceptors (Lipinski definition) is 9. The number of carboxylic acid groups (broad SMARTS) is 2. The number of likely N-dealkylation sites (tertiary alicyclic amines) is 2. The zero-order valence-corrected chi connectivity index (χ0v) is 36.9. The monoisotopic (exact) mass is 926 g/mol. The summed E-state index contributed by atoms with van der Waals surface area (Å²) in [5, 5.41) is 19.7. The average Bonchev–Trinajstić information content (AvgIpc) is 3.26. The number of benzene rings is 4. The molecular weight excluding hydrogens is 886 g/mol. The summed E-state index contributed by atoms with van der Waals surface area (Å²) < 4.78 is 11.4. The van der Waals surface area contributed by atoms with Gasteiger partial charge in [-0.3, -0.25) is 19.2 Å². The van der Waals surface area contributed by atoms with Gasteiger partial charge in [0.2, 0.25) is 11.8 Å². The van der Waals surface area contributed by atoms with Crippen LogP contribution in [0.15, 0.2) is 82.6 Å². The van der Waals surface area contributed by atoms with Gasteiger partial charge in [0.05, 0.1) is 34.3 Å². The van der Waals surface area contributed by atoms with Crippen LogP contribution in [0.25, 0.3) is 34.4 Å². The van der Waals surface area contributed by atoms with Crippen molar-refractivity contribution in [3.05, 3.63) is 104 Å². The van der Waals surface area contributed by atoms with Gasteiger partial charge in [0.1, 0.15) is 22.6 Å². The number of nitrogens with two attached hydrogens (primary N) is 2. The summed E-state index contributed by atoms with van der Waals surface area (Å²) in [4.78, 5) is 54.1. The Balaban J connectivity index is 1.40. The molecule has 2 fully saturated rings. The summed E-state index contributed by atoms with van der Waals surface area (Å²) in [5.74, 6) is -1.85. The number of carbonyl (C=O) groups excluding carboxylic acids is 2. The van der Waals surface area contributed by atoms with Crippen LogP contribution in [0.2, 0.25) is 20.1 Å². The lowest BCUT2D eigenvalue weighted by Gasteiger charge is -2.35. The van der Waals surface area contributed by atoms with E-state index < -0.39 is 23.0 Å². The third-order valence-electron chi connectivity index (χ3n) is 11.0. The number of carboxylic acids is 2. The van der Waals surface area contributed by atoms with Crippen molar-refractivity contribution in [2.24, 2.45) is 11.5 Å². The normalized spacial score (nSPS) is 16.2. The van der Waals surface area contributed by atoms with E-state index in [0.717, 1.165) is 0 Å². The minimum Gasteiger partial charge on any atom is -0.496 e. The maximum atomic E-state index is 13.4. The molecule has 2 saturated heterocycles. The Morgan fingerprint density at radius 3 is 1.28 bits per heavy atom. The first kappa shape index (κ1) is 45.8. The maximum absolute atomic E-state index is 13.4. The predicted octanol–water partition coefficient (Wildman–Crippen LogP) is 8.64. The van der Waals surface area contributed by atoms with Crippen LogP contribution >= 0.6 is 58.2 Å². The van der Waals surface area contributed by atoms with Gasteiger partial charge in [0, 0.05) is 70.4 Å². The second-order valence-corrected chi connectivity index (χ2v) is 17.3. The number of amides is 2. The molecule has 4 aromatic carbocycles. The molecule has 12 nitrogen and oxygen atoms in total. The number of para-hydroxylation sites is 2. The number of piperidine rings is 2. The van der Waals surface area contributed by atoms with Gasteiger partial charge in [-0.15, -0.1) is 0 Å². The molecule has 0 spiro atoms. The minimum absolute atomic E-state index is 0.109. The number of hydrogen-bond donors (Lipinski definition) is 4. The fraction of sp³-hybridized carbons (Fsp3) is 0.273. The molecule has 2 aliphatic heterocycles. The molecule has 4 aromatic rings. The Kier molecular flexibility index (Phi) is 14.4. The van der Waals surface area contributed by atoms with E-state index in [1.54, 1.807) is 24.3 Å². The molecule has 0 radical (unpaired) electrons. The maximum Gasteiger partial charge on any atom is 0.323 e. The van der Waals surface area contributed by atoms with Crippen molar-refractivity contribution in [1.82, 2.24) is 9.80 Å². The predicted molar refractivity (Wildman–Crippen MR) is 240 cm³/mol. The van der Waals surface area contributed by atoms with Gasteiger partial charge < -0.3 is 41.0 Å². The Labute approximate surface area is 377 Å². The Morgan fingerprint density at radius 2 is 0.951 bits per heavy atom. The van der Waals surface area contributed by atoms with Crippen LogP contribution in [0.1, 0.15) is 36.8 Å². The van der Waals surface area contributed by atoms with Gasteiger partial charge in [-0.05, 0) is 73.2 Å². The molecule has 0 unspecified atom stereocenters. The highest BCUT2D eigenvalue weighted by molar-refractivity contribution is 7.99. The Morgan fingerprint density at radius 1 is 0.607 bits per heavy atom. The van der Waals surface area contributed by atoms with Crippen molar-refractivity contribution in [3.63, 3.8) is 0 Å².